The van der Waals surface area contributed by atoms with Crippen LogP contribution >= 0.6 is 0 Å². The Bertz CT molecular complexity index is 723. The number of aliphatic hydroxyl groups excluding tert-OH is 1. The van der Waals surface area contributed by atoms with Crippen LogP contribution in [-0.2, 0) is 4.74 Å². The van der Waals surface area contributed by atoms with Gasteiger partial charge in [-0.15, -0.1) is 0 Å². The van der Waals surface area contributed by atoms with Crippen LogP contribution in [0.2, 0.25) is 0 Å². The summed E-state index contributed by atoms with van der Waals surface area (Å²) in [6, 6.07) is 0.240. The predicted octanol–water partition coefficient (Wildman–Crippen LogP) is 3.38. The van der Waals surface area contributed by atoms with E-state index in [1.54, 1.807) is 0 Å². The number of nitrogens with zero attached hydrogens (tertiary/aromatic N) is 1. The molecule has 2 saturated heterocycles. The molecule has 0 radical (unpaired) electrons. The zero-order chi connectivity index (χ0) is 17.9. The van der Waals surface area contributed by atoms with Crippen LogP contribution in [0.1, 0.15) is 52.4 Å². The molecule has 6 atom stereocenters. The zero-order valence-corrected chi connectivity index (χ0v) is 15.9. The molecule has 2 N–H and O–H groups in total. The molecule has 2 bridgehead atoms. The second-order valence-corrected chi connectivity index (χ2v) is 10.6. The third-order valence-corrected chi connectivity index (χ3v) is 8.89. The minimum Gasteiger partial charge on any atom is -0.504 e. The summed E-state index contributed by atoms with van der Waals surface area (Å²) in [5, 5.41) is 22.8. The second kappa shape index (κ2) is 4.70. The molecule has 2 unspecified atom stereocenters. The molecule has 2 heterocycles. The maximum absolute atomic E-state index is 12.3. The monoisotopic (exact) mass is 357 g/mol. The van der Waals surface area contributed by atoms with Crippen LogP contribution in [0.3, 0.4) is 0 Å². The van der Waals surface area contributed by atoms with E-state index in [9.17, 15) is 10.2 Å². The first-order valence-corrected chi connectivity index (χ1v) is 10.6. The van der Waals surface area contributed by atoms with Crippen LogP contribution in [0.4, 0.5) is 0 Å². The Balaban J connectivity index is 1.52. The summed E-state index contributed by atoms with van der Waals surface area (Å²) < 4.78 is 6.55. The number of piperidine rings is 1. The molecular weight excluding hydrogens is 326 g/mol. The highest BCUT2D eigenvalue weighted by Gasteiger charge is 2.77. The number of allylic oxidation sites excluding steroid dienone is 3. The van der Waals surface area contributed by atoms with Crippen molar-refractivity contribution in [1.82, 2.24) is 4.90 Å². The van der Waals surface area contributed by atoms with Crippen molar-refractivity contribution < 1.29 is 14.9 Å². The van der Waals surface area contributed by atoms with E-state index >= 15 is 0 Å². The summed E-state index contributed by atoms with van der Waals surface area (Å²) >= 11 is 0. The van der Waals surface area contributed by atoms with Crippen molar-refractivity contribution in [2.24, 2.45) is 28.6 Å². The number of hydrogen-bond donors (Lipinski definition) is 2. The van der Waals surface area contributed by atoms with Gasteiger partial charge < -0.3 is 14.9 Å². The van der Waals surface area contributed by atoms with E-state index < -0.39 is 5.60 Å². The molecule has 0 amide bonds. The number of hydrogen-bond acceptors (Lipinski definition) is 4. The first kappa shape index (κ1) is 16.0. The molecule has 4 nitrogen and oxygen atoms in total. The SMILES string of the molecule is CC1(C)CC[C@@]2(O)[C@H]3CC4C=CC(O)=C5O[C@@H]1[C@]2(CCN3CC1CC1)C54. The van der Waals surface area contributed by atoms with E-state index in [1.807, 2.05) is 6.08 Å². The van der Waals surface area contributed by atoms with Crippen LogP contribution in [0.25, 0.3) is 0 Å². The van der Waals surface area contributed by atoms with E-state index in [4.69, 9.17) is 4.74 Å². The van der Waals surface area contributed by atoms with Gasteiger partial charge in [0.15, 0.2) is 5.76 Å². The summed E-state index contributed by atoms with van der Waals surface area (Å²) in [7, 11) is 0. The van der Waals surface area contributed by atoms with E-state index in [0.29, 0.717) is 11.7 Å². The third-order valence-electron chi connectivity index (χ3n) is 8.89. The van der Waals surface area contributed by atoms with Crippen molar-refractivity contribution in [2.45, 2.75) is 70.1 Å². The smallest absolute Gasteiger partial charge is 0.153 e. The van der Waals surface area contributed by atoms with Crippen molar-refractivity contribution in [1.29, 1.82) is 0 Å². The normalized spacial score (nSPS) is 51.2. The molecule has 0 aromatic carbocycles. The van der Waals surface area contributed by atoms with Gasteiger partial charge in [0.2, 0.25) is 0 Å². The Morgan fingerprint density at radius 1 is 1.23 bits per heavy atom. The molecule has 0 aromatic rings. The minimum absolute atomic E-state index is 0.00387. The second-order valence-electron chi connectivity index (χ2n) is 10.6. The molecule has 0 aromatic heterocycles. The summed E-state index contributed by atoms with van der Waals surface area (Å²) in [6.07, 6.45) is 10.6. The van der Waals surface area contributed by atoms with Gasteiger partial charge in [-0.05, 0) is 63.0 Å². The minimum atomic E-state index is -0.686. The molecule has 1 spiro atoms. The van der Waals surface area contributed by atoms with Gasteiger partial charge in [0.05, 0.1) is 5.60 Å². The van der Waals surface area contributed by atoms with E-state index in [-0.39, 0.29) is 28.9 Å². The molecule has 3 saturated carbocycles. The fourth-order valence-electron chi connectivity index (χ4n) is 7.57. The molecule has 4 heteroatoms. The van der Waals surface area contributed by atoms with E-state index in [1.165, 1.54) is 12.8 Å². The van der Waals surface area contributed by atoms with Gasteiger partial charge in [-0.3, -0.25) is 4.90 Å². The molecule has 4 aliphatic carbocycles. The van der Waals surface area contributed by atoms with Crippen molar-refractivity contribution in [3.63, 3.8) is 0 Å². The number of likely N-dealkylation sites (tertiary alicyclic amines) is 1. The Labute approximate surface area is 155 Å². The Morgan fingerprint density at radius 2 is 2.04 bits per heavy atom. The molecule has 26 heavy (non-hydrogen) atoms. The summed E-state index contributed by atoms with van der Waals surface area (Å²) in [4.78, 5) is 2.62. The van der Waals surface area contributed by atoms with Crippen LogP contribution in [-0.4, -0.2) is 45.9 Å². The van der Waals surface area contributed by atoms with Crippen molar-refractivity contribution in [2.75, 3.05) is 13.1 Å². The molecule has 6 aliphatic rings. The van der Waals surface area contributed by atoms with Crippen molar-refractivity contribution >= 4 is 0 Å². The summed E-state index contributed by atoms with van der Waals surface area (Å²) in [6.45, 7) is 6.82. The quantitative estimate of drug-likeness (QED) is 0.795. The Morgan fingerprint density at radius 3 is 2.81 bits per heavy atom. The fourth-order valence-corrected chi connectivity index (χ4v) is 7.57. The maximum atomic E-state index is 12.3. The number of aliphatic hydroxyl groups is 2. The van der Waals surface area contributed by atoms with Gasteiger partial charge in [0, 0.05) is 29.3 Å². The Kier molecular flexibility index (Phi) is 2.89. The van der Waals surface area contributed by atoms with Gasteiger partial charge in [0.25, 0.3) is 0 Å². The van der Waals surface area contributed by atoms with Crippen molar-refractivity contribution in [3.8, 4) is 0 Å². The number of ether oxygens (including phenoxy) is 1. The van der Waals surface area contributed by atoms with Crippen LogP contribution in [0.5, 0.6) is 0 Å². The topological polar surface area (TPSA) is 52.9 Å². The lowest BCUT2D eigenvalue weighted by Gasteiger charge is -2.68. The lowest BCUT2D eigenvalue weighted by molar-refractivity contribution is -0.271. The van der Waals surface area contributed by atoms with Crippen LogP contribution < -0.4 is 0 Å². The van der Waals surface area contributed by atoms with E-state index in [0.717, 1.165) is 50.4 Å². The van der Waals surface area contributed by atoms with Gasteiger partial charge in [-0.25, -0.2) is 0 Å². The highest BCUT2D eigenvalue weighted by molar-refractivity contribution is 5.38. The summed E-state index contributed by atoms with van der Waals surface area (Å²) in [5.41, 5.74) is -0.896. The Hall–Kier alpha value is -1.00. The first-order valence-electron chi connectivity index (χ1n) is 10.6. The highest BCUT2D eigenvalue weighted by Crippen LogP contribution is 2.72. The molecule has 142 valence electrons. The van der Waals surface area contributed by atoms with Gasteiger partial charge in [0.1, 0.15) is 11.9 Å². The largest absolute Gasteiger partial charge is 0.504 e. The number of rotatable bonds is 2. The average Bonchev–Trinajstić information content (AvgIpc) is 3.32. The van der Waals surface area contributed by atoms with Gasteiger partial charge >= 0.3 is 0 Å². The van der Waals surface area contributed by atoms with Gasteiger partial charge in [-0.1, -0.05) is 19.9 Å². The lowest BCUT2D eigenvalue weighted by Crippen LogP contribution is -2.77. The maximum Gasteiger partial charge on any atom is 0.153 e. The average molecular weight is 357 g/mol. The third kappa shape index (κ3) is 1.70. The zero-order valence-electron chi connectivity index (χ0n) is 15.9. The molecule has 5 fully saturated rings. The fraction of sp³-hybridized carbons (Fsp3) is 0.818. The summed E-state index contributed by atoms with van der Waals surface area (Å²) in [5.74, 6) is 2.47. The van der Waals surface area contributed by atoms with Gasteiger partial charge in [-0.2, -0.15) is 0 Å². The molecular formula is C22H31NO3. The van der Waals surface area contributed by atoms with Crippen LogP contribution in [0.15, 0.2) is 23.7 Å². The lowest BCUT2D eigenvalue weighted by atomic mass is 9.41. The first-order chi connectivity index (χ1) is 12.4. The highest BCUT2D eigenvalue weighted by atomic mass is 16.5. The van der Waals surface area contributed by atoms with E-state index in [2.05, 4.69) is 24.8 Å². The standard InChI is InChI=1S/C22H31NO3/c1-20(2)7-8-22(25)16-11-14-5-6-15(24)18-17(14)21(22,19(20)26-18)9-10-23(16)12-13-3-4-13/h5-6,13-14,16-17,19,24-25H,3-4,7-12H2,1-2H3/t14?,16-,17?,19+,21+,22-/m1/s1. The molecule has 6 rings (SSSR count). The molecule has 2 aliphatic heterocycles. The van der Waals surface area contributed by atoms with Crippen LogP contribution in [0, 0.1) is 28.6 Å². The van der Waals surface area contributed by atoms with Crippen molar-refractivity contribution in [3.05, 3.63) is 23.7 Å². The predicted molar refractivity (Wildman–Crippen MR) is 98.4 cm³/mol.